The SMILES string of the molecule is O=C(NO)c1ccc2c(c1)S(=O)(=O)N(Cc1ccccc1)CCO2. The molecule has 126 valence electrons. The summed E-state index contributed by atoms with van der Waals surface area (Å²) in [6, 6.07) is 13.3. The van der Waals surface area contributed by atoms with E-state index >= 15 is 0 Å². The van der Waals surface area contributed by atoms with Gasteiger partial charge in [-0.1, -0.05) is 30.3 Å². The van der Waals surface area contributed by atoms with E-state index in [0.29, 0.717) is 0 Å². The fraction of sp³-hybridized carbons (Fsp3) is 0.188. The first-order valence-electron chi connectivity index (χ1n) is 7.28. The summed E-state index contributed by atoms with van der Waals surface area (Å²) in [7, 11) is -3.84. The highest BCUT2D eigenvalue weighted by molar-refractivity contribution is 7.89. The van der Waals surface area contributed by atoms with Gasteiger partial charge < -0.3 is 4.74 Å². The van der Waals surface area contributed by atoms with Crippen molar-refractivity contribution in [3.63, 3.8) is 0 Å². The zero-order valence-corrected chi connectivity index (χ0v) is 13.5. The van der Waals surface area contributed by atoms with E-state index in [9.17, 15) is 13.2 Å². The van der Waals surface area contributed by atoms with Gasteiger partial charge in [-0.15, -0.1) is 0 Å². The van der Waals surface area contributed by atoms with Crippen molar-refractivity contribution < 1.29 is 23.2 Å². The number of hydrogen-bond donors (Lipinski definition) is 2. The number of carbonyl (C=O) groups excluding carboxylic acids is 1. The Bertz CT molecular complexity index is 852. The van der Waals surface area contributed by atoms with Crippen LogP contribution in [0, 0.1) is 0 Å². The number of amides is 1. The van der Waals surface area contributed by atoms with Gasteiger partial charge in [0.1, 0.15) is 17.3 Å². The molecule has 1 aliphatic rings. The summed E-state index contributed by atoms with van der Waals surface area (Å²) in [5, 5.41) is 8.73. The van der Waals surface area contributed by atoms with Gasteiger partial charge >= 0.3 is 0 Å². The number of ether oxygens (including phenoxy) is 1. The summed E-state index contributed by atoms with van der Waals surface area (Å²) in [6.07, 6.45) is 0. The molecule has 1 aliphatic heterocycles. The van der Waals surface area contributed by atoms with Crippen LogP contribution in [0.25, 0.3) is 0 Å². The average Bonchev–Trinajstić information content (AvgIpc) is 2.72. The van der Waals surface area contributed by atoms with Crippen LogP contribution >= 0.6 is 0 Å². The smallest absolute Gasteiger partial charge is 0.274 e. The molecule has 2 aromatic rings. The van der Waals surface area contributed by atoms with Crippen LogP contribution in [0.2, 0.25) is 0 Å². The number of sulfonamides is 1. The van der Waals surface area contributed by atoms with Crippen LogP contribution in [0.4, 0.5) is 0 Å². The van der Waals surface area contributed by atoms with Crippen LogP contribution in [0.15, 0.2) is 53.4 Å². The number of rotatable bonds is 3. The average molecular weight is 348 g/mol. The van der Waals surface area contributed by atoms with Gasteiger partial charge in [-0.3, -0.25) is 10.0 Å². The van der Waals surface area contributed by atoms with Crippen LogP contribution in [-0.2, 0) is 16.6 Å². The Morgan fingerprint density at radius 2 is 1.96 bits per heavy atom. The monoisotopic (exact) mass is 348 g/mol. The first kappa shape index (κ1) is 16.4. The minimum absolute atomic E-state index is 0.0324. The van der Waals surface area contributed by atoms with E-state index in [1.165, 1.54) is 28.0 Å². The molecule has 0 saturated carbocycles. The van der Waals surface area contributed by atoms with Crippen LogP contribution in [0.1, 0.15) is 15.9 Å². The van der Waals surface area contributed by atoms with Crippen LogP contribution < -0.4 is 10.2 Å². The third-order valence-corrected chi connectivity index (χ3v) is 5.59. The van der Waals surface area contributed by atoms with Gasteiger partial charge in [-0.25, -0.2) is 13.9 Å². The maximum atomic E-state index is 12.9. The molecule has 0 saturated heterocycles. The fourth-order valence-electron chi connectivity index (χ4n) is 2.50. The van der Waals surface area contributed by atoms with Crippen molar-refractivity contribution in [3.8, 4) is 5.75 Å². The van der Waals surface area contributed by atoms with E-state index in [2.05, 4.69) is 0 Å². The van der Waals surface area contributed by atoms with E-state index < -0.39 is 15.9 Å². The molecule has 0 spiro atoms. The van der Waals surface area contributed by atoms with E-state index in [4.69, 9.17) is 9.94 Å². The van der Waals surface area contributed by atoms with Crippen molar-refractivity contribution in [2.24, 2.45) is 0 Å². The summed E-state index contributed by atoms with van der Waals surface area (Å²) in [4.78, 5) is 11.5. The normalized spacial score (nSPS) is 16.5. The predicted octanol–water partition coefficient (Wildman–Crippen LogP) is 1.39. The molecule has 1 heterocycles. The molecule has 7 nitrogen and oxygen atoms in total. The number of benzene rings is 2. The third kappa shape index (κ3) is 3.12. The summed E-state index contributed by atoms with van der Waals surface area (Å²) < 4.78 is 32.7. The first-order valence-corrected chi connectivity index (χ1v) is 8.72. The topological polar surface area (TPSA) is 95.9 Å². The summed E-state index contributed by atoms with van der Waals surface area (Å²) >= 11 is 0. The zero-order chi connectivity index (χ0) is 17.2. The van der Waals surface area contributed by atoms with Crippen molar-refractivity contribution in [1.29, 1.82) is 0 Å². The second-order valence-corrected chi connectivity index (χ2v) is 7.18. The van der Waals surface area contributed by atoms with Crippen molar-refractivity contribution in [1.82, 2.24) is 9.79 Å². The maximum Gasteiger partial charge on any atom is 0.274 e. The van der Waals surface area contributed by atoms with Gasteiger partial charge in [0, 0.05) is 18.7 Å². The van der Waals surface area contributed by atoms with Gasteiger partial charge in [0.05, 0.1) is 0 Å². The Labute approximate surface area is 139 Å². The fourth-order valence-corrected chi connectivity index (χ4v) is 4.07. The second-order valence-electron chi connectivity index (χ2n) is 5.28. The predicted molar refractivity (Wildman–Crippen MR) is 85.2 cm³/mol. The number of nitrogens with one attached hydrogen (secondary N) is 1. The summed E-state index contributed by atoms with van der Waals surface area (Å²) in [5.41, 5.74) is 2.38. The number of fused-ring (bicyclic) bond motifs is 1. The Hall–Kier alpha value is -2.42. The molecule has 0 bridgehead atoms. The molecule has 0 atom stereocenters. The largest absolute Gasteiger partial charge is 0.491 e. The number of nitrogens with zero attached hydrogens (tertiary/aromatic N) is 1. The number of carbonyl (C=O) groups is 1. The summed E-state index contributed by atoms with van der Waals surface area (Å²) in [5.74, 6) is -0.591. The Balaban J connectivity index is 2.01. The van der Waals surface area contributed by atoms with Crippen molar-refractivity contribution in [2.45, 2.75) is 11.4 Å². The number of hydroxylamine groups is 1. The second kappa shape index (κ2) is 6.60. The minimum Gasteiger partial charge on any atom is -0.491 e. The molecular weight excluding hydrogens is 332 g/mol. The highest BCUT2D eigenvalue weighted by atomic mass is 32.2. The molecule has 0 radical (unpaired) electrons. The van der Waals surface area contributed by atoms with Gasteiger partial charge in [0.15, 0.2) is 0 Å². The third-order valence-electron chi connectivity index (χ3n) is 3.73. The molecule has 3 rings (SSSR count). The molecular formula is C16H16N2O5S. The number of hydrogen-bond acceptors (Lipinski definition) is 5. The van der Waals surface area contributed by atoms with E-state index in [-0.39, 0.29) is 35.9 Å². The Morgan fingerprint density at radius 3 is 2.67 bits per heavy atom. The maximum absolute atomic E-state index is 12.9. The van der Waals surface area contributed by atoms with Gasteiger partial charge in [-0.2, -0.15) is 4.31 Å². The van der Waals surface area contributed by atoms with Gasteiger partial charge in [-0.05, 0) is 23.8 Å². The van der Waals surface area contributed by atoms with Crippen molar-refractivity contribution in [2.75, 3.05) is 13.2 Å². The lowest BCUT2D eigenvalue weighted by Crippen LogP contribution is -2.32. The molecule has 0 aromatic heterocycles. The quantitative estimate of drug-likeness (QED) is 0.645. The highest BCUT2D eigenvalue weighted by Gasteiger charge is 2.31. The van der Waals surface area contributed by atoms with Crippen molar-refractivity contribution >= 4 is 15.9 Å². The van der Waals surface area contributed by atoms with Gasteiger partial charge in [0.2, 0.25) is 10.0 Å². The molecule has 2 N–H and O–H groups in total. The highest BCUT2D eigenvalue weighted by Crippen LogP contribution is 2.31. The van der Waals surface area contributed by atoms with Crippen molar-refractivity contribution in [3.05, 3.63) is 59.7 Å². The molecule has 1 amide bonds. The molecule has 8 heteroatoms. The van der Waals surface area contributed by atoms with E-state index in [1.54, 1.807) is 0 Å². The lowest BCUT2D eigenvalue weighted by molar-refractivity contribution is 0.0706. The summed E-state index contributed by atoms with van der Waals surface area (Å²) in [6.45, 7) is 0.625. The van der Waals surface area contributed by atoms with Crippen LogP contribution in [0.3, 0.4) is 0 Å². The van der Waals surface area contributed by atoms with Crippen LogP contribution in [0.5, 0.6) is 5.75 Å². The standard InChI is InChI=1S/C16H16N2O5S/c19-16(17-20)13-6-7-14-15(10-13)24(21,22)18(8-9-23-14)11-12-4-2-1-3-5-12/h1-7,10,20H,8-9,11H2,(H,17,19). The minimum atomic E-state index is -3.84. The van der Waals surface area contributed by atoms with E-state index in [1.807, 2.05) is 30.3 Å². The Kier molecular flexibility index (Phi) is 4.52. The van der Waals surface area contributed by atoms with E-state index in [0.717, 1.165) is 5.56 Å². The molecule has 0 fully saturated rings. The lowest BCUT2D eigenvalue weighted by Gasteiger charge is -2.19. The molecule has 0 unspecified atom stereocenters. The Morgan fingerprint density at radius 1 is 1.21 bits per heavy atom. The molecule has 24 heavy (non-hydrogen) atoms. The van der Waals surface area contributed by atoms with Gasteiger partial charge in [0.25, 0.3) is 5.91 Å². The molecule has 2 aromatic carbocycles. The lowest BCUT2D eigenvalue weighted by atomic mass is 10.2. The first-order chi connectivity index (χ1) is 11.5. The van der Waals surface area contributed by atoms with Crippen LogP contribution in [-0.4, -0.2) is 37.0 Å². The molecule has 0 aliphatic carbocycles. The zero-order valence-electron chi connectivity index (χ0n) is 12.7.